The average Bonchev–Trinajstić information content (AvgIpc) is 2.47. The first kappa shape index (κ1) is 13.5. The van der Waals surface area contributed by atoms with E-state index < -0.39 is 5.97 Å². The molecule has 0 fully saturated rings. The fraction of sp³-hybridized carbons (Fsp3) is 0.0714. The lowest BCUT2D eigenvalue weighted by molar-refractivity contribution is 0.0696. The first-order valence-electron chi connectivity index (χ1n) is 5.88. The minimum Gasteiger partial charge on any atom is -0.478 e. The Hall–Kier alpha value is -2.89. The first-order chi connectivity index (χ1) is 9.60. The van der Waals surface area contributed by atoms with Gasteiger partial charge in [0.15, 0.2) is 0 Å². The minimum absolute atomic E-state index is 0.219. The van der Waals surface area contributed by atoms with E-state index in [1.54, 1.807) is 24.3 Å². The summed E-state index contributed by atoms with van der Waals surface area (Å²) in [5, 5.41) is 14.4. The second-order valence-electron chi connectivity index (χ2n) is 4.02. The van der Waals surface area contributed by atoms with Crippen molar-refractivity contribution in [3.63, 3.8) is 0 Å². The van der Waals surface area contributed by atoms with Gasteiger partial charge in [-0.2, -0.15) is 0 Å². The number of hydrogen-bond donors (Lipinski definition) is 3. The van der Waals surface area contributed by atoms with E-state index in [4.69, 9.17) is 5.11 Å². The van der Waals surface area contributed by atoms with Crippen LogP contribution in [-0.4, -0.2) is 29.0 Å². The summed E-state index contributed by atoms with van der Waals surface area (Å²) >= 11 is 0. The summed E-state index contributed by atoms with van der Waals surface area (Å²) in [7, 11) is 1.54. The number of rotatable bonds is 4. The van der Waals surface area contributed by atoms with Crippen LogP contribution < -0.4 is 10.6 Å². The zero-order valence-corrected chi connectivity index (χ0v) is 10.8. The number of aromatic nitrogens is 1. The molecule has 3 N–H and O–H groups in total. The molecule has 102 valence electrons. The zero-order chi connectivity index (χ0) is 14.5. The number of benzene rings is 1. The first-order valence-corrected chi connectivity index (χ1v) is 5.88. The van der Waals surface area contributed by atoms with Gasteiger partial charge in [-0.05, 0) is 36.4 Å². The molecule has 2 rings (SSSR count). The molecule has 0 spiro atoms. The maximum atomic E-state index is 11.5. The molecule has 0 radical (unpaired) electrons. The van der Waals surface area contributed by atoms with Gasteiger partial charge in [0.25, 0.3) is 5.91 Å². The van der Waals surface area contributed by atoms with Gasteiger partial charge in [-0.15, -0.1) is 0 Å². The van der Waals surface area contributed by atoms with E-state index in [1.165, 1.54) is 25.4 Å². The lowest BCUT2D eigenvalue weighted by Gasteiger charge is -2.07. The molecule has 0 saturated heterocycles. The Morgan fingerprint density at radius 3 is 2.40 bits per heavy atom. The van der Waals surface area contributed by atoms with Gasteiger partial charge >= 0.3 is 5.97 Å². The van der Waals surface area contributed by atoms with Crippen LogP contribution in [0.1, 0.15) is 20.8 Å². The molecule has 6 heteroatoms. The van der Waals surface area contributed by atoms with Crippen LogP contribution in [0.15, 0.2) is 42.6 Å². The molecule has 6 nitrogen and oxygen atoms in total. The molecular formula is C14H13N3O3. The van der Waals surface area contributed by atoms with Crippen molar-refractivity contribution in [2.75, 3.05) is 12.4 Å². The second-order valence-corrected chi connectivity index (χ2v) is 4.02. The number of amides is 1. The van der Waals surface area contributed by atoms with Crippen LogP contribution in [0.25, 0.3) is 0 Å². The molecule has 1 aromatic heterocycles. The fourth-order valence-electron chi connectivity index (χ4n) is 1.62. The number of carbonyl (C=O) groups excluding carboxylic acids is 1. The summed E-state index contributed by atoms with van der Waals surface area (Å²) in [6.07, 6.45) is 1.53. The summed E-state index contributed by atoms with van der Waals surface area (Å²) < 4.78 is 0. The van der Waals surface area contributed by atoms with E-state index in [1.807, 2.05) is 0 Å². The predicted octanol–water partition coefficient (Wildman–Crippen LogP) is 1.88. The van der Waals surface area contributed by atoms with E-state index >= 15 is 0 Å². The zero-order valence-electron chi connectivity index (χ0n) is 10.8. The van der Waals surface area contributed by atoms with Crippen molar-refractivity contribution in [3.8, 4) is 0 Å². The number of pyridine rings is 1. The van der Waals surface area contributed by atoms with E-state index in [9.17, 15) is 9.59 Å². The molecule has 0 aliphatic rings. The SMILES string of the molecule is CNC(=O)c1cc(Nc2ccc(C(=O)O)cc2)ccn1. The van der Waals surface area contributed by atoms with Gasteiger partial charge in [-0.3, -0.25) is 9.78 Å². The number of nitrogens with one attached hydrogen (secondary N) is 2. The lowest BCUT2D eigenvalue weighted by atomic mass is 10.2. The molecule has 0 aliphatic heterocycles. The van der Waals surface area contributed by atoms with E-state index in [2.05, 4.69) is 15.6 Å². The average molecular weight is 271 g/mol. The number of carboxylic acids is 1. The number of nitrogens with zero attached hydrogens (tertiary/aromatic N) is 1. The molecule has 0 bridgehead atoms. The van der Waals surface area contributed by atoms with Gasteiger partial charge in [0.2, 0.25) is 0 Å². The van der Waals surface area contributed by atoms with Crippen LogP contribution >= 0.6 is 0 Å². The Morgan fingerprint density at radius 1 is 1.10 bits per heavy atom. The molecule has 2 aromatic rings. The normalized spacial score (nSPS) is 9.85. The van der Waals surface area contributed by atoms with Crippen LogP contribution in [0.3, 0.4) is 0 Å². The van der Waals surface area contributed by atoms with Crippen LogP contribution in [0.5, 0.6) is 0 Å². The third-order valence-electron chi connectivity index (χ3n) is 2.64. The van der Waals surface area contributed by atoms with Crippen molar-refractivity contribution in [2.24, 2.45) is 0 Å². The quantitative estimate of drug-likeness (QED) is 0.789. The molecular weight excluding hydrogens is 258 g/mol. The minimum atomic E-state index is -0.970. The van der Waals surface area contributed by atoms with Gasteiger partial charge in [-0.1, -0.05) is 0 Å². The van der Waals surface area contributed by atoms with Crippen molar-refractivity contribution in [1.82, 2.24) is 10.3 Å². The number of carbonyl (C=O) groups is 2. The third kappa shape index (κ3) is 3.11. The van der Waals surface area contributed by atoms with Crippen LogP contribution in [0.4, 0.5) is 11.4 Å². The van der Waals surface area contributed by atoms with Crippen molar-refractivity contribution in [2.45, 2.75) is 0 Å². The van der Waals surface area contributed by atoms with Gasteiger partial charge in [0, 0.05) is 24.6 Å². The number of aromatic carboxylic acids is 1. The molecule has 0 unspecified atom stereocenters. The molecule has 1 heterocycles. The monoisotopic (exact) mass is 271 g/mol. The van der Waals surface area contributed by atoms with E-state index in [-0.39, 0.29) is 11.5 Å². The lowest BCUT2D eigenvalue weighted by Crippen LogP contribution is -2.19. The Kier molecular flexibility index (Phi) is 3.95. The summed E-state index contributed by atoms with van der Waals surface area (Å²) in [6.45, 7) is 0. The number of hydrogen-bond acceptors (Lipinski definition) is 4. The standard InChI is InChI=1S/C14H13N3O3/c1-15-13(18)12-8-11(6-7-16-12)17-10-4-2-9(3-5-10)14(19)20/h2-8H,1H3,(H,15,18)(H,16,17)(H,19,20). The second kappa shape index (κ2) is 5.83. The summed E-state index contributed by atoms with van der Waals surface area (Å²) in [4.78, 5) is 26.2. The van der Waals surface area contributed by atoms with Gasteiger partial charge < -0.3 is 15.7 Å². The number of carboxylic acid groups (broad SMARTS) is 1. The van der Waals surface area contributed by atoms with E-state index in [0.29, 0.717) is 11.4 Å². The highest BCUT2D eigenvalue weighted by molar-refractivity contribution is 5.93. The Bertz CT molecular complexity index is 638. The fourth-order valence-corrected chi connectivity index (χ4v) is 1.62. The summed E-state index contributed by atoms with van der Waals surface area (Å²) in [6, 6.07) is 9.66. The largest absolute Gasteiger partial charge is 0.478 e. The molecule has 0 saturated carbocycles. The van der Waals surface area contributed by atoms with Gasteiger partial charge in [0.05, 0.1) is 5.56 Å². The van der Waals surface area contributed by atoms with Crippen LogP contribution in [-0.2, 0) is 0 Å². The van der Waals surface area contributed by atoms with Crippen LogP contribution in [0, 0.1) is 0 Å². The smallest absolute Gasteiger partial charge is 0.335 e. The Labute approximate surface area is 115 Å². The van der Waals surface area contributed by atoms with Gasteiger partial charge in [0.1, 0.15) is 5.69 Å². The Morgan fingerprint density at radius 2 is 1.80 bits per heavy atom. The summed E-state index contributed by atoms with van der Waals surface area (Å²) in [5.74, 6) is -1.24. The predicted molar refractivity (Wildman–Crippen MR) is 74.3 cm³/mol. The molecule has 1 amide bonds. The number of anilines is 2. The van der Waals surface area contributed by atoms with Crippen molar-refractivity contribution in [3.05, 3.63) is 53.9 Å². The van der Waals surface area contributed by atoms with Crippen LogP contribution in [0.2, 0.25) is 0 Å². The highest BCUT2D eigenvalue weighted by Crippen LogP contribution is 2.17. The van der Waals surface area contributed by atoms with Crippen molar-refractivity contribution < 1.29 is 14.7 Å². The maximum absolute atomic E-state index is 11.5. The van der Waals surface area contributed by atoms with E-state index in [0.717, 1.165) is 5.69 Å². The van der Waals surface area contributed by atoms with Gasteiger partial charge in [-0.25, -0.2) is 4.79 Å². The summed E-state index contributed by atoms with van der Waals surface area (Å²) in [5.41, 5.74) is 1.95. The Balaban J connectivity index is 2.17. The highest BCUT2D eigenvalue weighted by atomic mass is 16.4. The van der Waals surface area contributed by atoms with Crippen molar-refractivity contribution >= 4 is 23.3 Å². The highest BCUT2D eigenvalue weighted by Gasteiger charge is 2.06. The molecule has 0 aliphatic carbocycles. The van der Waals surface area contributed by atoms with Crippen molar-refractivity contribution in [1.29, 1.82) is 0 Å². The topological polar surface area (TPSA) is 91.3 Å². The molecule has 20 heavy (non-hydrogen) atoms. The third-order valence-corrected chi connectivity index (χ3v) is 2.64. The molecule has 0 atom stereocenters. The molecule has 1 aromatic carbocycles. The maximum Gasteiger partial charge on any atom is 0.335 e.